The normalized spacial score (nSPS) is 44.0. The third kappa shape index (κ3) is 9.70. The summed E-state index contributed by atoms with van der Waals surface area (Å²) in [7, 11) is 4.32. The zero-order chi connectivity index (χ0) is 54.0. The third-order valence-corrected chi connectivity index (χ3v) is 19.5. The Labute approximate surface area is 427 Å². The number of carbonyl (C=O) groups is 4. The van der Waals surface area contributed by atoms with Crippen molar-refractivity contribution in [2.24, 2.45) is 50.2 Å². The fraction of sp³-hybridized carbons (Fsp3) is 0.885. The highest BCUT2D eigenvalue weighted by Gasteiger charge is 2.70. The number of esters is 4. The molecule has 6 fully saturated rings. The molecular weight excluding hydrogens is 961 g/mol. The zero-order valence-electron chi connectivity index (χ0n) is 44.3. The number of methoxy groups -OCH3 is 4. The van der Waals surface area contributed by atoms with Gasteiger partial charge in [-0.25, -0.2) is 14.4 Å². The lowest BCUT2D eigenvalue weighted by atomic mass is 9.33. The number of rotatable bonds is 15. The summed E-state index contributed by atoms with van der Waals surface area (Å²) in [4.78, 5) is 53.2. The summed E-state index contributed by atoms with van der Waals surface area (Å²) in [5, 5.41) is 76.8. The van der Waals surface area contributed by atoms with Crippen LogP contribution in [-0.2, 0) is 66.5 Å². The number of ether oxygens (including phenoxy) is 10. The maximum Gasteiger partial charge on any atom is 0.345 e. The van der Waals surface area contributed by atoms with Gasteiger partial charge in [0.25, 0.3) is 0 Å². The number of fused-ring (bicyclic) bond motifs is 7. The largest absolute Gasteiger partial charge is 0.467 e. The quantitative estimate of drug-likeness (QED) is 0.0403. The molecule has 4 saturated carbocycles. The van der Waals surface area contributed by atoms with Crippen molar-refractivity contribution in [3.05, 3.63) is 11.6 Å². The Hall–Kier alpha value is -2.90. The minimum absolute atomic E-state index is 0.0789. The van der Waals surface area contributed by atoms with Crippen LogP contribution in [-0.4, -0.2) is 187 Å². The van der Waals surface area contributed by atoms with Crippen LogP contribution in [0.15, 0.2) is 11.6 Å². The van der Waals surface area contributed by atoms with Gasteiger partial charge in [-0.15, -0.1) is 0 Å². The van der Waals surface area contributed by atoms with Crippen molar-refractivity contribution in [3.8, 4) is 0 Å². The van der Waals surface area contributed by atoms with Crippen molar-refractivity contribution in [1.29, 1.82) is 0 Å². The van der Waals surface area contributed by atoms with Gasteiger partial charge >= 0.3 is 23.9 Å². The first kappa shape index (κ1) is 57.8. The lowest BCUT2D eigenvalue weighted by Gasteiger charge is -2.71. The van der Waals surface area contributed by atoms with E-state index in [0.29, 0.717) is 25.7 Å². The van der Waals surface area contributed by atoms with Crippen LogP contribution in [0.25, 0.3) is 0 Å². The van der Waals surface area contributed by atoms with Crippen LogP contribution in [0, 0.1) is 50.2 Å². The van der Waals surface area contributed by atoms with Gasteiger partial charge in [-0.2, -0.15) is 0 Å². The molecule has 0 radical (unpaired) electrons. The van der Waals surface area contributed by atoms with Gasteiger partial charge < -0.3 is 83.1 Å². The molecule has 7 rings (SSSR count). The molecule has 2 saturated heterocycles. The van der Waals surface area contributed by atoms with E-state index >= 15 is 0 Å². The third-order valence-electron chi connectivity index (χ3n) is 19.5. The van der Waals surface area contributed by atoms with E-state index in [0.717, 1.165) is 59.9 Å². The summed E-state index contributed by atoms with van der Waals surface area (Å²) in [5.74, 6) is -3.66. The Morgan fingerprint density at radius 1 is 0.767 bits per heavy atom. The molecule has 2 aliphatic heterocycles. The van der Waals surface area contributed by atoms with Crippen molar-refractivity contribution in [2.75, 3.05) is 48.3 Å². The van der Waals surface area contributed by atoms with E-state index in [1.165, 1.54) is 12.7 Å². The van der Waals surface area contributed by atoms with E-state index in [1.807, 2.05) is 0 Å². The summed E-state index contributed by atoms with van der Waals surface area (Å²) < 4.78 is 55.4. The van der Waals surface area contributed by atoms with Crippen LogP contribution in [0.3, 0.4) is 0 Å². The number of hydrogen-bond donors (Lipinski definition) is 7. The maximum absolute atomic E-state index is 14.7. The maximum atomic E-state index is 14.7. The second kappa shape index (κ2) is 21.1. The van der Waals surface area contributed by atoms with E-state index in [2.05, 4.69) is 59.3 Å². The average Bonchev–Trinajstić information content (AvgIpc) is 3.34. The fourth-order valence-corrected chi connectivity index (χ4v) is 15.1. The molecule has 7 aliphatic rings. The Morgan fingerprint density at radius 2 is 1.45 bits per heavy atom. The van der Waals surface area contributed by atoms with Gasteiger partial charge in [0.2, 0.25) is 18.2 Å². The van der Waals surface area contributed by atoms with Crippen molar-refractivity contribution in [3.63, 3.8) is 0 Å². The Balaban J connectivity index is 1.15. The molecule has 0 bridgehead atoms. The first-order valence-corrected chi connectivity index (χ1v) is 25.7. The molecule has 7 N–H and O–H groups in total. The number of hydrogen-bond acceptors (Lipinski definition) is 21. The van der Waals surface area contributed by atoms with Crippen molar-refractivity contribution >= 4 is 23.9 Å². The summed E-state index contributed by atoms with van der Waals surface area (Å²) in [6.07, 6.45) is -10.3. The Kier molecular flexibility index (Phi) is 16.7. The molecule has 0 aromatic rings. The van der Waals surface area contributed by atoms with Crippen molar-refractivity contribution in [1.82, 2.24) is 0 Å². The van der Waals surface area contributed by atoms with E-state index in [9.17, 15) is 54.9 Å². The minimum atomic E-state index is -2.76. The first-order chi connectivity index (χ1) is 34.1. The van der Waals surface area contributed by atoms with E-state index < -0.39 is 134 Å². The molecule has 0 aromatic carbocycles. The topological polar surface area (TPSA) is 302 Å². The monoisotopic (exact) mass is 1040 g/mol. The van der Waals surface area contributed by atoms with Gasteiger partial charge in [0.15, 0.2) is 12.4 Å². The van der Waals surface area contributed by atoms with Gasteiger partial charge in [-0.05, 0) is 109 Å². The molecule has 21 heteroatoms. The highest BCUT2D eigenvalue weighted by Crippen LogP contribution is 2.76. The Bertz CT molecular complexity index is 2060. The van der Waals surface area contributed by atoms with Crippen molar-refractivity contribution in [2.45, 2.75) is 192 Å². The van der Waals surface area contributed by atoms with Gasteiger partial charge in [-0.1, -0.05) is 60.1 Å². The summed E-state index contributed by atoms with van der Waals surface area (Å²) in [6.45, 7) is 13.6. The SMILES string of the molecule is COCC(O)(C(=O)OC)C(OCC(=O)OC)OC1C(O)C(OC2CCC3(C)C(CCC4(C)C3CC=C3C5CC(C)(C)CCC5(C(=O)OC5OC(CO)C(O)C(O)C5O)CCC34C)C2(C)C)OC(C(=O)OC)C1O. The van der Waals surface area contributed by atoms with Gasteiger partial charge in [0, 0.05) is 7.11 Å². The zero-order valence-corrected chi connectivity index (χ0v) is 44.3. The van der Waals surface area contributed by atoms with Crippen LogP contribution in [0.1, 0.15) is 113 Å². The van der Waals surface area contributed by atoms with Gasteiger partial charge in [0.1, 0.15) is 49.3 Å². The predicted molar refractivity (Wildman–Crippen MR) is 252 cm³/mol. The standard InChI is InChI=1S/C52H82O21/c1-46(2)18-20-51(43(61)73-41-35(57)34(56)33(55)28(23-53)69-41)21-19-49(6)26(27(51)22-46)12-13-30-48(5)16-15-31(47(3,4)29(48)14-17-50(30,49)7)70-42-37(59)38(36(58)39(71-42)40(60)66-10)72-45(68-24-32(54)65-9)52(63,25-64-8)44(62)67-11/h12,27-31,33-39,41-42,45,53,55-59,63H,13-25H2,1-11H3. The lowest BCUT2D eigenvalue weighted by molar-refractivity contribution is -0.353. The molecule has 20 unspecified atom stereocenters. The van der Waals surface area contributed by atoms with E-state index in [-0.39, 0.29) is 39.4 Å². The molecule has 20 atom stereocenters. The highest BCUT2D eigenvalue weighted by molar-refractivity contribution is 5.80. The second-order valence-electron chi connectivity index (χ2n) is 24.1. The van der Waals surface area contributed by atoms with Crippen LogP contribution in [0.4, 0.5) is 0 Å². The molecule has 21 nitrogen and oxygen atoms in total. The van der Waals surface area contributed by atoms with Crippen LogP contribution < -0.4 is 0 Å². The molecule has 2 heterocycles. The summed E-state index contributed by atoms with van der Waals surface area (Å²) in [6, 6.07) is 0. The molecule has 0 amide bonds. The van der Waals surface area contributed by atoms with Gasteiger partial charge in [0.05, 0.1) is 46.1 Å². The molecule has 73 heavy (non-hydrogen) atoms. The van der Waals surface area contributed by atoms with Crippen LogP contribution >= 0.6 is 0 Å². The van der Waals surface area contributed by atoms with E-state index in [1.54, 1.807) is 0 Å². The molecule has 0 aromatic heterocycles. The first-order valence-electron chi connectivity index (χ1n) is 25.7. The van der Waals surface area contributed by atoms with E-state index in [4.69, 9.17) is 42.6 Å². The number of aliphatic hydroxyl groups is 7. The van der Waals surface area contributed by atoms with Gasteiger partial charge in [-0.3, -0.25) is 4.79 Å². The van der Waals surface area contributed by atoms with Crippen LogP contribution in [0.2, 0.25) is 0 Å². The number of aliphatic hydroxyl groups excluding tert-OH is 6. The molecule has 5 aliphatic carbocycles. The predicted octanol–water partition coefficient (Wildman–Crippen LogP) is 1.59. The molecular formula is C52H82O21. The second-order valence-corrected chi connectivity index (χ2v) is 24.1. The van der Waals surface area contributed by atoms with Crippen LogP contribution in [0.5, 0.6) is 0 Å². The lowest BCUT2D eigenvalue weighted by Crippen LogP contribution is -2.67. The fourth-order valence-electron chi connectivity index (χ4n) is 15.1. The number of carbonyl (C=O) groups excluding carboxylic acids is 4. The highest BCUT2D eigenvalue weighted by atomic mass is 16.7. The summed E-state index contributed by atoms with van der Waals surface area (Å²) in [5.41, 5.74) is -3.85. The average molecular weight is 1040 g/mol. The molecule has 416 valence electrons. The minimum Gasteiger partial charge on any atom is -0.467 e. The summed E-state index contributed by atoms with van der Waals surface area (Å²) >= 11 is 0. The van der Waals surface area contributed by atoms with Crippen molar-refractivity contribution < 1.29 is 102 Å². The Morgan fingerprint density at radius 3 is 2.08 bits per heavy atom. The smallest absolute Gasteiger partial charge is 0.345 e. The molecule has 0 spiro atoms. The number of allylic oxidation sites excluding steroid dienone is 2.